The van der Waals surface area contributed by atoms with Gasteiger partial charge in [0.25, 0.3) is 0 Å². The lowest BCUT2D eigenvalue weighted by Gasteiger charge is -2.39. The van der Waals surface area contributed by atoms with Crippen LogP contribution in [-0.4, -0.2) is 42.9 Å². The van der Waals surface area contributed by atoms with Crippen molar-refractivity contribution >= 4 is 14.3 Å². The van der Waals surface area contributed by atoms with Crippen molar-refractivity contribution in [1.29, 1.82) is 5.26 Å². The molecule has 0 radical (unpaired) electrons. The van der Waals surface area contributed by atoms with Gasteiger partial charge in [-0.15, -0.1) is 0 Å². The van der Waals surface area contributed by atoms with Gasteiger partial charge < -0.3 is 9.43 Å². The van der Waals surface area contributed by atoms with Crippen LogP contribution in [0.25, 0.3) is 0 Å². The highest BCUT2D eigenvalue weighted by molar-refractivity contribution is 6.74. The van der Waals surface area contributed by atoms with E-state index in [9.17, 15) is 4.79 Å². The number of amides is 2. The number of nitrogens with zero attached hydrogens (tertiary/aromatic N) is 3. The number of carbonyl (C=O) groups excluding carboxylic acids is 1. The predicted molar refractivity (Wildman–Crippen MR) is 74.6 cm³/mol. The maximum atomic E-state index is 12.4. The molecule has 19 heavy (non-hydrogen) atoms. The Morgan fingerprint density at radius 1 is 1.37 bits per heavy atom. The zero-order chi connectivity index (χ0) is 14.4. The summed E-state index contributed by atoms with van der Waals surface area (Å²) in [6.07, 6.45) is 1.61. The standard InChI is InChI=1S/C13H23N3O2Si/c1-13(2,3)19(4,5)18-16-11-7-6-10(8-14)15(9-11)12(16)17/h10-11H,6-7,9H2,1-5H3/t10-,11+/m0/s1. The van der Waals surface area contributed by atoms with Crippen LogP contribution in [0.5, 0.6) is 0 Å². The molecule has 2 aliphatic heterocycles. The molecule has 2 bridgehead atoms. The summed E-state index contributed by atoms with van der Waals surface area (Å²) < 4.78 is 6.15. The Bertz CT molecular complexity index is 425. The van der Waals surface area contributed by atoms with Crippen LogP contribution in [0.4, 0.5) is 4.79 Å². The van der Waals surface area contributed by atoms with E-state index < -0.39 is 8.32 Å². The van der Waals surface area contributed by atoms with E-state index in [1.807, 2.05) is 0 Å². The lowest BCUT2D eigenvalue weighted by Crippen LogP contribution is -2.49. The van der Waals surface area contributed by atoms with Crippen molar-refractivity contribution in [3.05, 3.63) is 0 Å². The Kier molecular flexibility index (Phi) is 3.39. The smallest absolute Gasteiger partial charge is 0.315 e. The number of fused-ring (bicyclic) bond motifs is 2. The van der Waals surface area contributed by atoms with Crippen molar-refractivity contribution in [2.45, 2.75) is 63.8 Å². The Morgan fingerprint density at radius 2 is 2.00 bits per heavy atom. The van der Waals surface area contributed by atoms with Gasteiger partial charge in [0.2, 0.25) is 8.32 Å². The van der Waals surface area contributed by atoms with Gasteiger partial charge in [0, 0.05) is 6.54 Å². The minimum atomic E-state index is -2.01. The highest BCUT2D eigenvalue weighted by Gasteiger charge is 2.49. The van der Waals surface area contributed by atoms with E-state index in [0.29, 0.717) is 6.54 Å². The fourth-order valence-corrected chi connectivity index (χ4v) is 3.26. The average molecular weight is 281 g/mol. The Morgan fingerprint density at radius 3 is 2.53 bits per heavy atom. The van der Waals surface area contributed by atoms with E-state index in [1.54, 1.807) is 9.96 Å². The van der Waals surface area contributed by atoms with E-state index >= 15 is 0 Å². The second kappa shape index (κ2) is 4.49. The lowest BCUT2D eigenvalue weighted by atomic mass is 10.0. The quantitative estimate of drug-likeness (QED) is 0.731. The monoisotopic (exact) mass is 281 g/mol. The van der Waals surface area contributed by atoms with E-state index in [1.165, 1.54) is 0 Å². The molecule has 2 rings (SSSR count). The summed E-state index contributed by atoms with van der Waals surface area (Å²) in [6.45, 7) is 11.4. The molecule has 2 fully saturated rings. The minimum Gasteiger partial charge on any atom is -0.315 e. The molecule has 0 spiro atoms. The molecule has 0 saturated carbocycles. The van der Waals surface area contributed by atoms with Crippen LogP contribution in [0.3, 0.4) is 0 Å². The molecule has 106 valence electrons. The van der Waals surface area contributed by atoms with Gasteiger partial charge in [-0.05, 0) is 31.0 Å². The van der Waals surface area contributed by atoms with Crippen LogP contribution in [0.1, 0.15) is 33.6 Å². The van der Waals surface area contributed by atoms with Gasteiger partial charge in [-0.1, -0.05) is 20.8 Å². The molecule has 0 aromatic rings. The van der Waals surface area contributed by atoms with Gasteiger partial charge in [0.1, 0.15) is 6.04 Å². The van der Waals surface area contributed by atoms with Crippen LogP contribution >= 0.6 is 0 Å². The van der Waals surface area contributed by atoms with Crippen molar-refractivity contribution in [1.82, 2.24) is 9.96 Å². The van der Waals surface area contributed by atoms with Crippen LogP contribution in [0, 0.1) is 11.3 Å². The van der Waals surface area contributed by atoms with Gasteiger partial charge in [-0.2, -0.15) is 5.26 Å². The average Bonchev–Trinajstić information content (AvgIpc) is 2.54. The first kappa shape index (κ1) is 14.3. The number of rotatable bonds is 2. The molecule has 0 aromatic heterocycles. The summed E-state index contributed by atoms with van der Waals surface area (Å²) in [5, 5.41) is 10.7. The largest absolute Gasteiger partial charge is 0.344 e. The third-order valence-electron chi connectivity index (χ3n) is 4.60. The van der Waals surface area contributed by atoms with Crippen LogP contribution in [0.2, 0.25) is 18.1 Å². The number of hydrogen-bond donors (Lipinski definition) is 0. The van der Waals surface area contributed by atoms with E-state index in [-0.39, 0.29) is 23.2 Å². The summed E-state index contributed by atoms with van der Waals surface area (Å²) in [5.41, 5.74) is 0. The van der Waals surface area contributed by atoms with Gasteiger partial charge in [0.15, 0.2) is 0 Å². The maximum absolute atomic E-state index is 12.4. The summed E-state index contributed by atoms with van der Waals surface area (Å²) in [6, 6.07) is 1.92. The minimum absolute atomic E-state index is 0.0634. The van der Waals surface area contributed by atoms with E-state index in [4.69, 9.17) is 9.79 Å². The van der Waals surface area contributed by atoms with Crippen molar-refractivity contribution in [2.75, 3.05) is 6.54 Å². The molecular weight excluding hydrogens is 258 g/mol. The third kappa shape index (κ3) is 2.37. The summed E-state index contributed by atoms with van der Waals surface area (Å²) in [4.78, 5) is 14.0. The molecule has 2 aliphatic rings. The second-order valence-corrected chi connectivity index (χ2v) is 11.7. The van der Waals surface area contributed by atoms with Crippen molar-refractivity contribution in [3.8, 4) is 6.07 Å². The fraction of sp³-hybridized carbons (Fsp3) is 0.846. The van der Waals surface area contributed by atoms with Crippen molar-refractivity contribution < 1.29 is 9.32 Å². The van der Waals surface area contributed by atoms with Crippen molar-refractivity contribution in [3.63, 3.8) is 0 Å². The molecule has 0 aliphatic carbocycles. The number of hydrogen-bond acceptors (Lipinski definition) is 3. The number of nitriles is 1. The molecule has 2 amide bonds. The van der Waals surface area contributed by atoms with Gasteiger partial charge in [-0.3, -0.25) is 0 Å². The first-order valence-corrected chi connectivity index (χ1v) is 9.77. The van der Waals surface area contributed by atoms with Gasteiger partial charge >= 0.3 is 6.03 Å². The first-order valence-electron chi connectivity index (χ1n) is 6.86. The number of piperidine rings is 1. The Labute approximate surface area is 116 Å². The maximum Gasteiger partial charge on any atom is 0.344 e. The number of carbonyl (C=O) groups is 1. The summed E-state index contributed by atoms with van der Waals surface area (Å²) in [7, 11) is -2.01. The molecule has 6 heteroatoms. The number of hydroxylamine groups is 2. The molecule has 2 atom stereocenters. The Balaban J connectivity index is 2.16. The highest BCUT2D eigenvalue weighted by atomic mass is 28.4. The molecule has 0 aromatic carbocycles. The Hall–Kier alpha value is -1.06. The van der Waals surface area contributed by atoms with Crippen LogP contribution in [-0.2, 0) is 4.53 Å². The number of urea groups is 1. The molecule has 0 unspecified atom stereocenters. The molecule has 5 nitrogen and oxygen atoms in total. The van der Waals surface area contributed by atoms with Gasteiger partial charge in [0.05, 0.1) is 12.1 Å². The summed E-state index contributed by atoms with van der Waals surface area (Å²) in [5.74, 6) is 0. The molecule has 0 N–H and O–H groups in total. The zero-order valence-electron chi connectivity index (χ0n) is 12.4. The fourth-order valence-electron chi connectivity index (χ4n) is 2.27. The van der Waals surface area contributed by atoms with E-state index in [0.717, 1.165) is 12.8 Å². The normalized spacial score (nSPS) is 27.7. The summed E-state index contributed by atoms with van der Waals surface area (Å²) >= 11 is 0. The SMILES string of the molecule is CC(C)(C)[Si](C)(C)ON1C(=O)N2C[C@H]1CC[C@H]2C#N. The van der Waals surface area contributed by atoms with Gasteiger partial charge in [-0.25, -0.2) is 9.86 Å². The first-order chi connectivity index (χ1) is 8.67. The third-order valence-corrected chi connectivity index (χ3v) is 8.87. The van der Waals surface area contributed by atoms with Crippen molar-refractivity contribution in [2.24, 2.45) is 0 Å². The second-order valence-electron chi connectivity index (χ2n) is 6.99. The zero-order valence-corrected chi connectivity index (χ0v) is 13.4. The molecular formula is C13H23N3O2Si. The highest BCUT2D eigenvalue weighted by Crippen LogP contribution is 2.39. The van der Waals surface area contributed by atoms with E-state index in [2.05, 4.69) is 39.9 Å². The lowest BCUT2D eigenvalue weighted by molar-refractivity contribution is -0.0426. The van der Waals surface area contributed by atoms with Crippen LogP contribution in [0.15, 0.2) is 0 Å². The molecule has 2 heterocycles. The molecule has 2 saturated heterocycles. The van der Waals surface area contributed by atoms with Crippen LogP contribution < -0.4 is 0 Å². The topological polar surface area (TPSA) is 56.6 Å². The predicted octanol–water partition coefficient (Wildman–Crippen LogP) is 2.72.